The Balaban J connectivity index is 2.70. The maximum absolute atomic E-state index is 11.4. The van der Waals surface area contributed by atoms with Crippen molar-refractivity contribution in [2.24, 2.45) is 5.73 Å². The van der Waals surface area contributed by atoms with E-state index in [-0.39, 0.29) is 17.3 Å². The Morgan fingerprint density at radius 1 is 1.50 bits per heavy atom. The summed E-state index contributed by atoms with van der Waals surface area (Å²) in [6, 6.07) is 7.55. The van der Waals surface area contributed by atoms with Crippen LogP contribution in [0.2, 0.25) is 0 Å². The Morgan fingerprint density at radius 3 is 2.75 bits per heavy atom. The van der Waals surface area contributed by atoms with Crippen LogP contribution in [0.25, 0.3) is 0 Å². The van der Waals surface area contributed by atoms with Gasteiger partial charge in [0.05, 0.1) is 11.4 Å². The first-order valence-electron chi connectivity index (χ1n) is 4.84. The fraction of sp³-hybridized carbons (Fsp3) is 0.273. The average Bonchev–Trinajstić information content (AvgIpc) is 2.16. The largest absolute Gasteiger partial charge is 0.393 e. The topological polar surface area (TPSA) is 58.4 Å². The molecule has 0 heterocycles. The van der Waals surface area contributed by atoms with Crippen LogP contribution in [0.1, 0.15) is 6.42 Å². The van der Waals surface area contributed by atoms with Crippen molar-refractivity contribution < 1.29 is 4.79 Å². The van der Waals surface area contributed by atoms with E-state index in [1.165, 1.54) is 0 Å². The van der Waals surface area contributed by atoms with E-state index >= 15 is 0 Å². The molecule has 16 heavy (non-hydrogen) atoms. The van der Waals surface area contributed by atoms with E-state index in [0.29, 0.717) is 0 Å². The summed E-state index contributed by atoms with van der Waals surface area (Å²) in [7, 11) is 3.88. The van der Waals surface area contributed by atoms with E-state index in [9.17, 15) is 4.79 Å². The summed E-state index contributed by atoms with van der Waals surface area (Å²) in [6.07, 6.45) is 0.0710. The number of amides is 1. The zero-order valence-corrected chi connectivity index (χ0v) is 10.2. The highest BCUT2D eigenvalue weighted by atomic mass is 32.1. The molecule has 1 amide bonds. The van der Waals surface area contributed by atoms with E-state index in [0.717, 1.165) is 11.4 Å². The van der Waals surface area contributed by atoms with Gasteiger partial charge in [0.25, 0.3) is 0 Å². The second-order valence-corrected chi connectivity index (χ2v) is 4.16. The molecule has 0 spiro atoms. The van der Waals surface area contributed by atoms with Crippen molar-refractivity contribution in [3.63, 3.8) is 0 Å². The molecular formula is C11H15N3OS. The lowest BCUT2D eigenvalue weighted by Gasteiger charge is -2.13. The minimum absolute atomic E-state index is 0.0710. The number of hydrogen-bond donors (Lipinski definition) is 2. The number of nitrogens with one attached hydrogen (secondary N) is 1. The first-order valence-corrected chi connectivity index (χ1v) is 5.25. The summed E-state index contributed by atoms with van der Waals surface area (Å²) >= 11 is 4.66. The average molecular weight is 237 g/mol. The van der Waals surface area contributed by atoms with Crippen molar-refractivity contribution in [3.8, 4) is 0 Å². The van der Waals surface area contributed by atoms with Gasteiger partial charge < -0.3 is 16.0 Å². The summed E-state index contributed by atoms with van der Waals surface area (Å²) in [5, 5.41) is 2.74. The number of carbonyl (C=O) groups excluding carboxylic acids is 1. The van der Waals surface area contributed by atoms with Gasteiger partial charge in [-0.3, -0.25) is 4.79 Å². The number of nitrogens with two attached hydrogens (primary N) is 1. The molecule has 4 nitrogen and oxygen atoms in total. The molecular weight excluding hydrogens is 222 g/mol. The lowest BCUT2D eigenvalue weighted by Crippen LogP contribution is -2.20. The van der Waals surface area contributed by atoms with Crippen LogP contribution in [0, 0.1) is 0 Å². The van der Waals surface area contributed by atoms with Crippen molar-refractivity contribution in [3.05, 3.63) is 24.3 Å². The number of thiocarbonyl (C=S) groups is 1. The van der Waals surface area contributed by atoms with Crippen LogP contribution in [-0.4, -0.2) is 25.0 Å². The molecule has 1 aromatic rings. The molecule has 0 bridgehead atoms. The lowest BCUT2D eigenvalue weighted by molar-refractivity contribution is -0.115. The molecule has 0 aliphatic carbocycles. The van der Waals surface area contributed by atoms with Gasteiger partial charge in [0.2, 0.25) is 5.91 Å². The third-order valence-electron chi connectivity index (χ3n) is 1.98. The molecule has 86 valence electrons. The van der Waals surface area contributed by atoms with E-state index < -0.39 is 0 Å². The van der Waals surface area contributed by atoms with Gasteiger partial charge >= 0.3 is 0 Å². The first kappa shape index (κ1) is 12.4. The maximum atomic E-state index is 11.4. The lowest BCUT2D eigenvalue weighted by atomic mass is 10.2. The summed E-state index contributed by atoms with van der Waals surface area (Å²) in [4.78, 5) is 13.6. The Bertz CT molecular complexity index is 404. The Labute approximate surface area is 100 Å². The number of anilines is 2. The number of nitrogens with zero attached hydrogens (tertiary/aromatic N) is 1. The molecule has 0 atom stereocenters. The van der Waals surface area contributed by atoms with Crippen molar-refractivity contribution in [2.75, 3.05) is 24.3 Å². The smallest absolute Gasteiger partial charge is 0.231 e. The van der Waals surface area contributed by atoms with Crippen LogP contribution in [0.15, 0.2) is 24.3 Å². The number of carbonyl (C=O) groups is 1. The van der Waals surface area contributed by atoms with Crippen LogP contribution < -0.4 is 16.0 Å². The van der Waals surface area contributed by atoms with Crippen molar-refractivity contribution >= 4 is 34.5 Å². The molecule has 5 heteroatoms. The summed E-state index contributed by atoms with van der Waals surface area (Å²) < 4.78 is 0. The summed E-state index contributed by atoms with van der Waals surface area (Å²) in [5.41, 5.74) is 7.05. The molecule has 0 aliphatic rings. The molecule has 0 fully saturated rings. The quantitative estimate of drug-likeness (QED) is 0.776. The van der Waals surface area contributed by atoms with Gasteiger partial charge in [-0.25, -0.2) is 0 Å². The van der Waals surface area contributed by atoms with Crippen molar-refractivity contribution in [1.29, 1.82) is 0 Å². The zero-order valence-electron chi connectivity index (χ0n) is 9.36. The highest BCUT2D eigenvalue weighted by Crippen LogP contribution is 2.17. The maximum Gasteiger partial charge on any atom is 0.231 e. The van der Waals surface area contributed by atoms with Gasteiger partial charge in [-0.15, -0.1) is 0 Å². The van der Waals surface area contributed by atoms with E-state index in [1.807, 2.05) is 43.3 Å². The molecule has 0 saturated carbocycles. The van der Waals surface area contributed by atoms with E-state index in [1.54, 1.807) is 0 Å². The predicted molar refractivity (Wildman–Crippen MR) is 70.8 cm³/mol. The Hall–Kier alpha value is -1.62. The van der Waals surface area contributed by atoms with Gasteiger partial charge in [-0.1, -0.05) is 18.3 Å². The van der Waals surface area contributed by atoms with Crippen molar-refractivity contribution in [2.45, 2.75) is 6.42 Å². The van der Waals surface area contributed by atoms with E-state index in [2.05, 4.69) is 17.5 Å². The highest BCUT2D eigenvalue weighted by Gasteiger charge is 2.04. The second-order valence-electron chi connectivity index (χ2n) is 3.64. The summed E-state index contributed by atoms with van der Waals surface area (Å²) in [5.74, 6) is -0.191. The molecule has 0 aliphatic heterocycles. The monoisotopic (exact) mass is 237 g/mol. The first-order chi connectivity index (χ1) is 7.49. The summed E-state index contributed by atoms with van der Waals surface area (Å²) in [6.45, 7) is 0. The van der Waals surface area contributed by atoms with Gasteiger partial charge in [0.1, 0.15) is 0 Å². The van der Waals surface area contributed by atoms with Gasteiger partial charge in [-0.2, -0.15) is 0 Å². The fourth-order valence-electron chi connectivity index (χ4n) is 1.23. The molecule has 0 saturated heterocycles. The third-order valence-corrected chi connectivity index (χ3v) is 2.13. The number of benzene rings is 1. The van der Waals surface area contributed by atoms with Crippen LogP contribution in [0.4, 0.5) is 11.4 Å². The van der Waals surface area contributed by atoms with Gasteiger partial charge in [0.15, 0.2) is 0 Å². The predicted octanol–water partition coefficient (Wildman–Crippen LogP) is 1.37. The minimum Gasteiger partial charge on any atom is -0.393 e. The van der Waals surface area contributed by atoms with Crippen LogP contribution in [0.5, 0.6) is 0 Å². The van der Waals surface area contributed by atoms with Gasteiger partial charge in [0, 0.05) is 25.5 Å². The van der Waals surface area contributed by atoms with Crippen molar-refractivity contribution in [1.82, 2.24) is 0 Å². The molecule has 0 unspecified atom stereocenters. The second kappa shape index (κ2) is 5.46. The molecule has 1 aromatic carbocycles. The zero-order chi connectivity index (χ0) is 12.1. The molecule has 1 rings (SSSR count). The van der Waals surface area contributed by atoms with Crippen LogP contribution >= 0.6 is 12.2 Å². The normalized spacial score (nSPS) is 9.62. The molecule has 3 N–H and O–H groups in total. The Kier molecular flexibility index (Phi) is 4.25. The Morgan fingerprint density at radius 2 is 2.19 bits per heavy atom. The fourth-order valence-corrected chi connectivity index (χ4v) is 1.36. The standard InChI is InChI=1S/C11H15N3OS/c1-14(2)9-5-3-4-8(6-9)13-11(15)7-10(12)16/h3-6H,7H2,1-2H3,(H2,12,16)(H,13,15). The molecule has 0 radical (unpaired) electrons. The minimum atomic E-state index is -0.191. The highest BCUT2D eigenvalue weighted by molar-refractivity contribution is 7.80. The molecule has 0 aromatic heterocycles. The van der Waals surface area contributed by atoms with Crippen LogP contribution in [-0.2, 0) is 4.79 Å². The van der Waals surface area contributed by atoms with Gasteiger partial charge in [-0.05, 0) is 18.2 Å². The number of rotatable bonds is 4. The number of hydrogen-bond acceptors (Lipinski definition) is 3. The van der Waals surface area contributed by atoms with E-state index in [4.69, 9.17) is 5.73 Å². The van der Waals surface area contributed by atoms with Crippen LogP contribution in [0.3, 0.4) is 0 Å². The third kappa shape index (κ3) is 3.86. The SMILES string of the molecule is CN(C)c1cccc(NC(=O)CC(N)=S)c1.